The van der Waals surface area contributed by atoms with Crippen LogP contribution in [-0.2, 0) is 17.6 Å². The quantitative estimate of drug-likeness (QED) is 0.310. The molecule has 0 saturated carbocycles. The molecule has 2 aliphatic rings. The summed E-state index contributed by atoms with van der Waals surface area (Å²) in [5.41, 5.74) is 6.95. The predicted octanol–water partition coefficient (Wildman–Crippen LogP) is 5.48. The first kappa shape index (κ1) is 21.3. The van der Waals surface area contributed by atoms with Gasteiger partial charge in [-0.2, -0.15) is 0 Å². The lowest BCUT2D eigenvalue weighted by Gasteiger charge is -2.24. The highest BCUT2D eigenvalue weighted by atomic mass is 32.2. The molecule has 4 heterocycles. The van der Waals surface area contributed by atoms with Crippen LogP contribution in [0, 0.1) is 6.92 Å². The van der Waals surface area contributed by atoms with Crippen LogP contribution >= 0.6 is 11.8 Å². The molecule has 0 atom stereocenters. The van der Waals surface area contributed by atoms with Crippen LogP contribution < -0.4 is 14.4 Å². The Morgan fingerprint density at radius 1 is 0.917 bits per heavy atom. The number of carbonyl (C=O) groups is 1. The van der Waals surface area contributed by atoms with Gasteiger partial charge in [0.2, 0.25) is 12.7 Å². The van der Waals surface area contributed by atoms with Gasteiger partial charge in [0.25, 0.3) is 0 Å². The number of amides is 1. The summed E-state index contributed by atoms with van der Waals surface area (Å²) < 4.78 is 13.2. The van der Waals surface area contributed by atoms with Gasteiger partial charge in [-0.25, -0.2) is 0 Å². The first-order valence-corrected chi connectivity index (χ1v) is 12.9. The molecule has 0 spiro atoms. The van der Waals surface area contributed by atoms with E-state index in [-0.39, 0.29) is 18.5 Å². The van der Waals surface area contributed by atoms with Gasteiger partial charge in [0.15, 0.2) is 22.3 Å². The van der Waals surface area contributed by atoms with Crippen LogP contribution in [0.2, 0.25) is 0 Å². The van der Waals surface area contributed by atoms with Crippen molar-refractivity contribution in [2.45, 2.75) is 24.9 Å². The van der Waals surface area contributed by atoms with E-state index in [9.17, 15) is 4.79 Å². The third-order valence-corrected chi connectivity index (χ3v) is 7.74. The van der Waals surface area contributed by atoms with Gasteiger partial charge in [0, 0.05) is 11.5 Å². The number of para-hydroxylation sites is 2. The number of carbonyl (C=O) groups excluding carboxylic acids is 1. The standard InChI is InChI=1S/C28H22N4O3S/c1-17-12-20-13-24-25(35-16-34-24)14-23(20)32-27(17)29-30-28(32)36-15-26(33)31-21-8-4-2-6-18(21)10-11-19-7-3-5-9-22(19)31/h2-9,12-14H,10-11,15-16H2,1H3. The lowest BCUT2D eigenvalue weighted by Crippen LogP contribution is -2.28. The van der Waals surface area contributed by atoms with Gasteiger partial charge in [-0.05, 0) is 60.7 Å². The van der Waals surface area contributed by atoms with Crippen LogP contribution in [0.4, 0.5) is 11.4 Å². The van der Waals surface area contributed by atoms with Crippen molar-refractivity contribution in [1.82, 2.24) is 14.6 Å². The van der Waals surface area contributed by atoms with Gasteiger partial charge in [-0.3, -0.25) is 14.1 Å². The first-order chi connectivity index (χ1) is 17.7. The van der Waals surface area contributed by atoms with Crippen LogP contribution in [0.5, 0.6) is 11.5 Å². The molecular weight excluding hydrogens is 472 g/mol. The number of pyridine rings is 1. The van der Waals surface area contributed by atoms with Crippen molar-refractivity contribution in [3.63, 3.8) is 0 Å². The van der Waals surface area contributed by atoms with Gasteiger partial charge >= 0.3 is 0 Å². The Morgan fingerprint density at radius 3 is 2.31 bits per heavy atom. The minimum absolute atomic E-state index is 0.00753. The number of thioether (sulfide) groups is 1. The fraction of sp³-hybridized carbons (Fsp3) is 0.179. The fourth-order valence-corrected chi connectivity index (χ4v) is 5.92. The molecule has 0 unspecified atom stereocenters. The van der Waals surface area contributed by atoms with Crippen LogP contribution in [0.3, 0.4) is 0 Å². The van der Waals surface area contributed by atoms with Crippen molar-refractivity contribution >= 4 is 45.6 Å². The number of ether oxygens (including phenoxy) is 2. The highest BCUT2D eigenvalue weighted by molar-refractivity contribution is 7.99. The van der Waals surface area contributed by atoms with Crippen molar-refractivity contribution in [3.8, 4) is 11.5 Å². The lowest BCUT2D eigenvalue weighted by molar-refractivity contribution is -0.115. The molecule has 178 valence electrons. The van der Waals surface area contributed by atoms with E-state index in [1.807, 2.05) is 64.8 Å². The summed E-state index contributed by atoms with van der Waals surface area (Å²) in [6, 6.07) is 22.4. The van der Waals surface area contributed by atoms with Crippen LogP contribution in [0.25, 0.3) is 16.6 Å². The molecule has 0 fully saturated rings. The summed E-state index contributed by atoms with van der Waals surface area (Å²) in [6.07, 6.45) is 1.81. The second-order valence-corrected chi connectivity index (χ2v) is 9.95. The summed E-state index contributed by atoms with van der Waals surface area (Å²) in [7, 11) is 0. The monoisotopic (exact) mass is 494 g/mol. The second-order valence-electron chi connectivity index (χ2n) is 9.01. The van der Waals surface area contributed by atoms with E-state index in [0.29, 0.717) is 10.9 Å². The third-order valence-electron chi connectivity index (χ3n) is 6.82. The Kier molecular flexibility index (Phi) is 4.89. The maximum Gasteiger partial charge on any atom is 0.242 e. The van der Waals surface area contributed by atoms with Gasteiger partial charge in [-0.15, -0.1) is 10.2 Å². The van der Waals surface area contributed by atoms with Gasteiger partial charge < -0.3 is 9.47 Å². The van der Waals surface area contributed by atoms with Crippen molar-refractivity contribution < 1.29 is 14.3 Å². The fourth-order valence-electron chi connectivity index (χ4n) is 5.13. The number of rotatable bonds is 3. The highest BCUT2D eigenvalue weighted by Gasteiger charge is 2.26. The van der Waals surface area contributed by atoms with E-state index in [1.54, 1.807) is 0 Å². The molecule has 0 N–H and O–H groups in total. The normalized spacial score (nSPS) is 14.1. The molecule has 1 amide bonds. The van der Waals surface area contributed by atoms with Crippen LogP contribution in [0.1, 0.15) is 16.7 Å². The number of anilines is 2. The maximum atomic E-state index is 13.8. The molecule has 0 aliphatic carbocycles. The molecule has 2 aliphatic heterocycles. The third kappa shape index (κ3) is 3.32. The molecule has 8 heteroatoms. The van der Waals surface area contributed by atoms with Crippen LogP contribution in [0.15, 0.2) is 71.9 Å². The Balaban J connectivity index is 1.27. The Bertz CT molecular complexity index is 1630. The summed E-state index contributed by atoms with van der Waals surface area (Å²) in [6.45, 7) is 2.23. The lowest BCUT2D eigenvalue weighted by atomic mass is 10.0. The number of nitrogens with zero attached hydrogens (tertiary/aromatic N) is 4. The molecule has 0 saturated heterocycles. The summed E-state index contributed by atoms with van der Waals surface area (Å²) in [4.78, 5) is 15.7. The number of fused-ring (bicyclic) bond motifs is 6. The molecule has 5 aromatic rings. The zero-order valence-electron chi connectivity index (χ0n) is 19.6. The molecule has 7 rings (SSSR count). The van der Waals surface area contributed by atoms with E-state index < -0.39 is 0 Å². The van der Waals surface area contributed by atoms with E-state index in [4.69, 9.17) is 9.47 Å². The van der Waals surface area contributed by atoms with E-state index in [2.05, 4.69) is 28.4 Å². The molecule has 0 radical (unpaired) electrons. The zero-order chi connectivity index (χ0) is 24.2. The predicted molar refractivity (Wildman–Crippen MR) is 140 cm³/mol. The largest absolute Gasteiger partial charge is 0.454 e. The van der Waals surface area contributed by atoms with Crippen molar-refractivity contribution in [3.05, 3.63) is 83.4 Å². The zero-order valence-corrected chi connectivity index (χ0v) is 20.4. The number of hydrogen-bond donors (Lipinski definition) is 0. The highest BCUT2D eigenvalue weighted by Crippen LogP contribution is 2.39. The topological polar surface area (TPSA) is 69.0 Å². The van der Waals surface area contributed by atoms with Gasteiger partial charge in [0.1, 0.15) is 0 Å². The van der Waals surface area contributed by atoms with Gasteiger partial charge in [-0.1, -0.05) is 48.2 Å². The number of aromatic nitrogens is 3. The number of aryl methyl sites for hydroxylation is 3. The minimum atomic E-state index is 0.00753. The van der Waals surface area contributed by atoms with Crippen molar-refractivity contribution in [2.24, 2.45) is 0 Å². The molecule has 36 heavy (non-hydrogen) atoms. The van der Waals surface area contributed by atoms with Gasteiger partial charge in [0.05, 0.1) is 22.6 Å². The first-order valence-electron chi connectivity index (χ1n) is 11.9. The number of hydrogen-bond acceptors (Lipinski definition) is 6. The van der Waals surface area contributed by atoms with E-state index in [0.717, 1.165) is 52.1 Å². The molecular formula is C28H22N4O3S. The molecule has 7 nitrogen and oxygen atoms in total. The molecule has 3 aromatic carbocycles. The molecule has 2 aromatic heterocycles. The average Bonchev–Trinajstić information content (AvgIpc) is 3.50. The second kappa shape index (κ2) is 8.27. The van der Waals surface area contributed by atoms with Crippen molar-refractivity contribution in [1.29, 1.82) is 0 Å². The molecule has 0 bridgehead atoms. The van der Waals surface area contributed by atoms with E-state index in [1.165, 1.54) is 22.9 Å². The summed E-state index contributed by atoms with van der Waals surface area (Å²) in [5, 5.41) is 10.6. The van der Waals surface area contributed by atoms with Crippen LogP contribution in [-0.4, -0.2) is 33.1 Å². The maximum absolute atomic E-state index is 13.8. The Labute approximate surface area is 211 Å². The number of benzene rings is 3. The van der Waals surface area contributed by atoms with Crippen molar-refractivity contribution in [2.75, 3.05) is 17.4 Å². The smallest absolute Gasteiger partial charge is 0.242 e. The summed E-state index contributed by atoms with van der Waals surface area (Å²) >= 11 is 1.40. The Morgan fingerprint density at radius 2 is 1.58 bits per heavy atom. The Hall–Kier alpha value is -4.04. The SMILES string of the molecule is Cc1cc2cc3c(cc2n2c(SCC(=O)N4c5ccccc5CCc5ccccc54)nnc12)OCO3. The summed E-state index contributed by atoms with van der Waals surface area (Å²) in [5.74, 6) is 1.67. The minimum Gasteiger partial charge on any atom is -0.454 e. The van der Waals surface area contributed by atoms with E-state index >= 15 is 0 Å². The average molecular weight is 495 g/mol.